The molecule has 2 aliphatic heterocycles. The molecule has 0 aromatic carbocycles. The molecule has 1 aliphatic carbocycles. The Kier molecular flexibility index (Phi) is 3.89. The van der Waals surface area contributed by atoms with Gasteiger partial charge in [-0.2, -0.15) is 0 Å². The molecule has 1 spiro atoms. The SMILES string of the molecule is Cc1ccsc1C(=O)N1CCC2(CC1)c1nc[nH]c1CCN2C(=O)C1CC1. The number of thiophene rings is 1. The third-order valence-electron chi connectivity index (χ3n) is 6.39. The lowest BCUT2D eigenvalue weighted by molar-refractivity contribution is -0.143. The molecule has 2 fully saturated rings. The van der Waals surface area contributed by atoms with Gasteiger partial charge in [-0.1, -0.05) is 0 Å². The fraction of sp³-hybridized carbons (Fsp3) is 0.550. The van der Waals surface area contributed by atoms with Crippen LogP contribution in [0, 0.1) is 12.8 Å². The van der Waals surface area contributed by atoms with E-state index in [1.807, 2.05) is 23.3 Å². The number of hydrogen-bond acceptors (Lipinski definition) is 4. The van der Waals surface area contributed by atoms with Crippen LogP contribution in [-0.4, -0.2) is 51.2 Å². The molecule has 0 atom stereocenters. The molecule has 142 valence electrons. The lowest BCUT2D eigenvalue weighted by atomic mass is 9.78. The minimum absolute atomic E-state index is 0.121. The first-order valence-corrected chi connectivity index (χ1v) is 10.7. The van der Waals surface area contributed by atoms with Crippen LogP contribution in [0.4, 0.5) is 0 Å². The zero-order valence-electron chi connectivity index (χ0n) is 15.5. The van der Waals surface area contributed by atoms with Gasteiger partial charge in [-0.25, -0.2) is 4.98 Å². The Labute approximate surface area is 162 Å². The Morgan fingerprint density at radius 2 is 2.04 bits per heavy atom. The van der Waals surface area contributed by atoms with Crippen LogP contribution in [-0.2, 0) is 16.8 Å². The van der Waals surface area contributed by atoms with Crippen LogP contribution in [0.2, 0.25) is 0 Å². The van der Waals surface area contributed by atoms with Gasteiger partial charge in [-0.15, -0.1) is 11.3 Å². The first-order valence-electron chi connectivity index (χ1n) is 9.78. The zero-order chi connectivity index (χ0) is 18.6. The van der Waals surface area contributed by atoms with Crippen LogP contribution in [0.25, 0.3) is 0 Å². The summed E-state index contributed by atoms with van der Waals surface area (Å²) < 4.78 is 0. The predicted molar refractivity (Wildman–Crippen MR) is 103 cm³/mol. The average Bonchev–Trinajstić information content (AvgIpc) is 3.26. The number of nitrogens with zero attached hydrogens (tertiary/aromatic N) is 3. The maximum Gasteiger partial charge on any atom is 0.264 e. The number of amides is 2. The molecule has 5 rings (SSSR count). The van der Waals surface area contributed by atoms with Crippen LogP contribution >= 0.6 is 11.3 Å². The average molecular weight is 385 g/mol. The van der Waals surface area contributed by atoms with Crippen molar-refractivity contribution in [2.45, 2.75) is 44.6 Å². The number of H-pyrrole nitrogens is 1. The summed E-state index contributed by atoms with van der Waals surface area (Å²) in [6.45, 7) is 4.07. The maximum absolute atomic E-state index is 13.0. The second-order valence-corrected chi connectivity index (χ2v) is 8.92. The van der Waals surface area contributed by atoms with Gasteiger partial charge in [0, 0.05) is 37.7 Å². The van der Waals surface area contributed by atoms with Crippen LogP contribution in [0.1, 0.15) is 52.3 Å². The van der Waals surface area contributed by atoms with Crippen molar-refractivity contribution < 1.29 is 9.59 Å². The van der Waals surface area contributed by atoms with E-state index in [0.29, 0.717) is 13.1 Å². The summed E-state index contributed by atoms with van der Waals surface area (Å²) in [7, 11) is 0. The lowest BCUT2D eigenvalue weighted by Gasteiger charge is -2.50. The standard InChI is InChI=1S/C20H24N4O2S/c1-13-5-11-27-16(13)19(26)23-9-6-20(7-10-23)17-15(21-12-22-17)4-8-24(20)18(25)14-2-3-14/h5,11-12,14H,2-4,6-10H2,1H3,(H,21,22). The van der Waals surface area contributed by atoms with Crippen LogP contribution < -0.4 is 0 Å². The highest BCUT2D eigenvalue weighted by Crippen LogP contribution is 2.45. The summed E-state index contributed by atoms with van der Waals surface area (Å²) in [4.78, 5) is 38.7. The summed E-state index contributed by atoms with van der Waals surface area (Å²) in [6.07, 6.45) is 6.15. The largest absolute Gasteiger partial charge is 0.348 e. The van der Waals surface area contributed by atoms with Crippen molar-refractivity contribution >= 4 is 23.2 Å². The van der Waals surface area contributed by atoms with E-state index < -0.39 is 0 Å². The van der Waals surface area contributed by atoms with Gasteiger partial charge in [-0.3, -0.25) is 9.59 Å². The van der Waals surface area contributed by atoms with E-state index in [0.717, 1.165) is 60.5 Å². The van der Waals surface area contributed by atoms with Gasteiger partial charge < -0.3 is 14.8 Å². The van der Waals surface area contributed by atoms with Crippen molar-refractivity contribution in [1.29, 1.82) is 0 Å². The van der Waals surface area contributed by atoms with Crippen molar-refractivity contribution in [2.24, 2.45) is 5.92 Å². The molecular formula is C20H24N4O2S. The molecule has 0 radical (unpaired) electrons. The number of carbonyl (C=O) groups excluding carboxylic acids is 2. The number of aryl methyl sites for hydroxylation is 1. The Bertz CT molecular complexity index is 889. The minimum Gasteiger partial charge on any atom is -0.348 e. The molecule has 2 aromatic rings. The van der Waals surface area contributed by atoms with E-state index in [4.69, 9.17) is 0 Å². The van der Waals surface area contributed by atoms with Crippen molar-refractivity contribution in [2.75, 3.05) is 19.6 Å². The Morgan fingerprint density at radius 3 is 2.70 bits per heavy atom. The van der Waals surface area contributed by atoms with Crippen LogP contribution in [0.15, 0.2) is 17.8 Å². The number of imidazole rings is 1. The predicted octanol–water partition coefficient (Wildman–Crippen LogP) is 2.71. The minimum atomic E-state index is -0.353. The number of rotatable bonds is 2. The molecule has 4 heterocycles. The van der Waals surface area contributed by atoms with E-state index in [-0.39, 0.29) is 23.3 Å². The van der Waals surface area contributed by atoms with Crippen molar-refractivity contribution in [3.8, 4) is 0 Å². The highest BCUT2D eigenvalue weighted by molar-refractivity contribution is 7.12. The lowest BCUT2D eigenvalue weighted by Crippen LogP contribution is -2.59. The molecule has 1 saturated carbocycles. The maximum atomic E-state index is 13.0. The molecule has 2 amide bonds. The van der Waals surface area contributed by atoms with E-state index in [1.165, 1.54) is 11.3 Å². The molecule has 0 unspecified atom stereocenters. The highest BCUT2D eigenvalue weighted by atomic mass is 32.1. The first kappa shape index (κ1) is 17.0. The number of piperidine rings is 1. The third kappa shape index (κ3) is 2.63. The summed E-state index contributed by atoms with van der Waals surface area (Å²) in [5.41, 5.74) is 2.88. The molecule has 6 nitrogen and oxygen atoms in total. The monoisotopic (exact) mass is 384 g/mol. The van der Waals surface area contributed by atoms with Crippen LogP contribution in [0.3, 0.4) is 0 Å². The van der Waals surface area contributed by atoms with Gasteiger partial charge in [0.2, 0.25) is 5.91 Å². The van der Waals surface area contributed by atoms with Gasteiger partial charge in [0.25, 0.3) is 5.91 Å². The Morgan fingerprint density at radius 1 is 1.26 bits per heavy atom. The van der Waals surface area contributed by atoms with Gasteiger partial charge in [-0.05, 0) is 49.6 Å². The molecule has 2 aromatic heterocycles. The van der Waals surface area contributed by atoms with Gasteiger partial charge in [0.05, 0.1) is 22.4 Å². The fourth-order valence-electron chi connectivity index (χ4n) is 4.67. The first-order chi connectivity index (χ1) is 13.1. The second-order valence-electron chi connectivity index (χ2n) is 8.00. The number of likely N-dealkylation sites (tertiary alicyclic amines) is 1. The Balaban J connectivity index is 1.42. The number of hydrogen-bond donors (Lipinski definition) is 1. The van der Waals surface area contributed by atoms with E-state index >= 15 is 0 Å². The van der Waals surface area contributed by atoms with Gasteiger partial charge in [0.15, 0.2) is 0 Å². The normalized spacial score (nSPS) is 21.4. The highest BCUT2D eigenvalue weighted by Gasteiger charge is 2.51. The molecule has 1 N–H and O–H groups in total. The van der Waals surface area contributed by atoms with Gasteiger partial charge in [0.1, 0.15) is 0 Å². The zero-order valence-corrected chi connectivity index (χ0v) is 16.3. The third-order valence-corrected chi connectivity index (χ3v) is 7.39. The van der Waals surface area contributed by atoms with Gasteiger partial charge >= 0.3 is 0 Å². The van der Waals surface area contributed by atoms with Crippen molar-refractivity contribution in [3.05, 3.63) is 39.6 Å². The quantitative estimate of drug-likeness (QED) is 0.866. The number of aromatic nitrogens is 2. The van der Waals surface area contributed by atoms with E-state index in [9.17, 15) is 9.59 Å². The molecule has 7 heteroatoms. The number of fused-ring (bicyclic) bond motifs is 2. The molecule has 27 heavy (non-hydrogen) atoms. The van der Waals surface area contributed by atoms with Crippen molar-refractivity contribution in [1.82, 2.24) is 19.8 Å². The van der Waals surface area contributed by atoms with E-state index in [1.54, 1.807) is 6.33 Å². The molecule has 0 bridgehead atoms. The molecule has 1 saturated heterocycles. The number of aromatic amines is 1. The van der Waals surface area contributed by atoms with E-state index in [2.05, 4.69) is 14.9 Å². The smallest absolute Gasteiger partial charge is 0.264 e. The topological polar surface area (TPSA) is 69.3 Å². The number of nitrogens with one attached hydrogen (secondary N) is 1. The Hall–Kier alpha value is -2.15. The summed E-state index contributed by atoms with van der Waals surface area (Å²) in [5.74, 6) is 0.615. The van der Waals surface area contributed by atoms with Crippen LogP contribution in [0.5, 0.6) is 0 Å². The fourth-order valence-corrected chi connectivity index (χ4v) is 5.56. The number of carbonyl (C=O) groups is 2. The second kappa shape index (κ2) is 6.19. The summed E-state index contributed by atoms with van der Waals surface area (Å²) in [5, 5.41) is 1.97. The van der Waals surface area contributed by atoms with Crippen molar-refractivity contribution in [3.63, 3.8) is 0 Å². The molecule has 3 aliphatic rings. The summed E-state index contributed by atoms with van der Waals surface area (Å²) >= 11 is 1.51. The summed E-state index contributed by atoms with van der Waals surface area (Å²) in [6, 6.07) is 2.00. The molecular weight excluding hydrogens is 360 g/mol.